The van der Waals surface area contributed by atoms with E-state index in [1.807, 2.05) is 6.92 Å². The summed E-state index contributed by atoms with van der Waals surface area (Å²) in [4.78, 5) is 20.4. The molecular weight excluding hydrogens is 118 g/mol. The van der Waals surface area contributed by atoms with Gasteiger partial charge in [0.2, 0.25) is 6.41 Å². The van der Waals surface area contributed by atoms with Crippen molar-refractivity contribution in [3.8, 4) is 0 Å². The molecule has 3 nitrogen and oxygen atoms in total. The van der Waals surface area contributed by atoms with E-state index in [0.29, 0.717) is 12.8 Å². The van der Waals surface area contributed by atoms with Crippen LogP contribution in [0.25, 0.3) is 0 Å². The van der Waals surface area contributed by atoms with Crippen molar-refractivity contribution in [3.05, 3.63) is 0 Å². The van der Waals surface area contributed by atoms with E-state index in [0.717, 1.165) is 0 Å². The zero-order valence-corrected chi connectivity index (χ0v) is 5.68. The number of amides is 1. The van der Waals surface area contributed by atoms with Crippen molar-refractivity contribution >= 4 is 12.2 Å². The highest BCUT2D eigenvalue weighted by Gasteiger charge is 2.07. The van der Waals surface area contributed by atoms with Crippen LogP contribution in [0.5, 0.6) is 0 Å². The summed E-state index contributed by atoms with van der Waals surface area (Å²) in [7, 11) is 0. The molecule has 0 aromatic rings. The minimum Gasteiger partial charge on any atom is -0.349 e. The topological polar surface area (TPSA) is 46.2 Å². The van der Waals surface area contributed by atoms with Crippen LogP contribution in [-0.4, -0.2) is 18.2 Å². The van der Waals surface area contributed by atoms with Gasteiger partial charge in [-0.15, -0.1) is 0 Å². The maximum absolute atomic E-state index is 10.5. The molecule has 0 aromatic carbocycles. The Bertz CT molecular complexity index is 112. The van der Waals surface area contributed by atoms with E-state index in [-0.39, 0.29) is 11.8 Å². The highest BCUT2D eigenvalue weighted by molar-refractivity contribution is 5.83. The highest BCUT2D eigenvalue weighted by atomic mass is 16.1. The molecule has 1 N–H and O–H groups in total. The fourth-order valence-electron chi connectivity index (χ4n) is 0.605. The second-order valence-corrected chi connectivity index (χ2v) is 1.86. The first-order chi connectivity index (χ1) is 4.22. The smallest absolute Gasteiger partial charge is 0.207 e. The van der Waals surface area contributed by atoms with E-state index in [9.17, 15) is 9.59 Å². The van der Waals surface area contributed by atoms with E-state index in [1.165, 1.54) is 6.92 Å². The Hall–Kier alpha value is -0.860. The number of nitrogens with one attached hydrogen (secondary N) is 1. The first-order valence-electron chi connectivity index (χ1n) is 2.92. The van der Waals surface area contributed by atoms with Crippen molar-refractivity contribution in [1.29, 1.82) is 0 Å². The summed E-state index contributed by atoms with van der Waals surface area (Å²) in [6.45, 7) is 3.31. The Morgan fingerprint density at radius 2 is 2.33 bits per heavy atom. The van der Waals surface area contributed by atoms with Gasteiger partial charge in [-0.2, -0.15) is 0 Å². The normalized spacial score (nSPS) is 12.2. The van der Waals surface area contributed by atoms with Crippen molar-refractivity contribution in [3.63, 3.8) is 0 Å². The van der Waals surface area contributed by atoms with Gasteiger partial charge in [0.15, 0.2) is 5.78 Å². The van der Waals surface area contributed by atoms with Crippen molar-refractivity contribution < 1.29 is 9.59 Å². The SMILES string of the molecule is CC[C@@H](NC=O)C(C)=O. The predicted molar refractivity (Wildman–Crippen MR) is 34.0 cm³/mol. The van der Waals surface area contributed by atoms with E-state index in [4.69, 9.17) is 0 Å². The lowest BCUT2D eigenvalue weighted by Gasteiger charge is -2.07. The van der Waals surface area contributed by atoms with Crippen molar-refractivity contribution in [1.82, 2.24) is 5.32 Å². The molecule has 0 radical (unpaired) electrons. The Balaban J connectivity index is 3.67. The average molecular weight is 129 g/mol. The summed E-state index contributed by atoms with van der Waals surface area (Å²) in [5.41, 5.74) is 0. The van der Waals surface area contributed by atoms with Crippen LogP contribution in [0.2, 0.25) is 0 Å². The standard InChI is InChI=1S/C6H11NO2/c1-3-6(5(2)9)7-4-8/h4,6H,3H2,1-2H3,(H,7,8)/t6-/m1/s1. The van der Waals surface area contributed by atoms with Crippen LogP contribution in [0.3, 0.4) is 0 Å². The molecule has 0 aromatic heterocycles. The number of hydrogen-bond acceptors (Lipinski definition) is 2. The molecule has 3 heteroatoms. The number of carbonyl (C=O) groups excluding carboxylic acids is 2. The third kappa shape index (κ3) is 2.85. The lowest BCUT2D eigenvalue weighted by atomic mass is 10.1. The average Bonchev–Trinajstić information content (AvgIpc) is 1.82. The van der Waals surface area contributed by atoms with Gasteiger partial charge in [-0.3, -0.25) is 9.59 Å². The first-order valence-corrected chi connectivity index (χ1v) is 2.92. The minimum absolute atomic E-state index is 0.00426. The van der Waals surface area contributed by atoms with Crippen molar-refractivity contribution in [2.24, 2.45) is 0 Å². The predicted octanol–water partition coefficient (Wildman–Crippen LogP) is 0.1000. The van der Waals surface area contributed by atoms with Gasteiger partial charge in [-0.25, -0.2) is 0 Å². The second-order valence-electron chi connectivity index (χ2n) is 1.86. The Kier molecular flexibility index (Phi) is 3.67. The Labute approximate surface area is 54.4 Å². The number of hydrogen-bond donors (Lipinski definition) is 1. The monoisotopic (exact) mass is 129 g/mol. The van der Waals surface area contributed by atoms with Crippen LogP contribution in [0, 0.1) is 0 Å². The van der Waals surface area contributed by atoms with Crippen molar-refractivity contribution in [2.45, 2.75) is 26.3 Å². The van der Waals surface area contributed by atoms with Crippen LogP contribution in [0.4, 0.5) is 0 Å². The molecule has 1 atom stereocenters. The van der Waals surface area contributed by atoms with Crippen molar-refractivity contribution in [2.75, 3.05) is 0 Å². The van der Waals surface area contributed by atoms with E-state index in [1.54, 1.807) is 0 Å². The lowest BCUT2D eigenvalue weighted by Crippen LogP contribution is -2.33. The summed E-state index contributed by atoms with van der Waals surface area (Å²) in [6, 6.07) is -0.289. The summed E-state index contributed by atoms with van der Waals surface area (Å²) >= 11 is 0. The molecule has 1 amide bonds. The van der Waals surface area contributed by atoms with Gasteiger partial charge in [0.1, 0.15) is 0 Å². The van der Waals surface area contributed by atoms with Gasteiger partial charge in [0, 0.05) is 0 Å². The number of Topliss-reactive ketones (excluding diaryl/α,β-unsaturated/α-hetero) is 1. The molecule has 0 aliphatic carbocycles. The third-order valence-electron chi connectivity index (χ3n) is 1.17. The number of ketones is 1. The largest absolute Gasteiger partial charge is 0.349 e. The summed E-state index contributed by atoms with van der Waals surface area (Å²) in [5.74, 6) is 0.00426. The first kappa shape index (κ1) is 8.14. The lowest BCUT2D eigenvalue weighted by molar-refractivity contribution is -0.121. The molecule has 9 heavy (non-hydrogen) atoms. The van der Waals surface area contributed by atoms with Crippen LogP contribution < -0.4 is 5.32 Å². The molecule has 0 saturated heterocycles. The Morgan fingerprint density at radius 1 is 1.78 bits per heavy atom. The van der Waals surface area contributed by atoms with Crippen LogP contribution in [-0.2, 0) is 9.59 Å². The zero-order chi connectivity index (χ0) is 7.28. The van der Waals surface area contributed by atoms with Crippen LogP contribution in [0.15, 0.2) is 0 Å². The van der Waals surface area contributed by atoms with Gasteiger partial charge < -0.3 is 5.32 Å². The maximum atomic E-state index is 10.5. The van der Waals surface area contributed by atoms with Crippen LogP contribution >= 0.6 is 0 Å². The van der Waals surface area contributed by atoms with Gasteiger partial charge >= 0.3 is 0 Å². The quantitative estimate of drug-likeness (QED) is 0.547. The summed E-state index contributed by atoms with van der Waals surface area (Å²) < 4.78 is 0. The number of rotatable bonds is 4. The number of carbonyl (C=O) groups is 2. The third-order valence-corrected chi connectivity index (χ3v) is 1.17. The fraction of sp³-hybridized carbons (Fsp3) is 0.667. The molecule has 0 heterocycles. The highest BCUT2D eigenvalue weighted by Crippen LogP contribution is 1.89. The van der Waals surface area contributed by atoms with Gasteiger partial charge in [-0.1, -0.05) is 6.92 Å². The second kappa shape index (κ2) is 4.06. The fourth-order valence-corrected chi connectivity index (χ4v) is 0.605. The van der Waals surface area contributed by atoms with E-state index < -0.39 is 0 Å². The molecule has 0 saturated carbocycles. The van der Waals surface area contributed by atoms with E-state index in [2.05, 4.69) is 5.32 Å². The van der Waals surface area contributed by atoms with Gasteiger partial charge in [-0.05, 0) is 13.3 Å². The summed E-state index contributed by atoms with van der Waals surface area (Å²) in [6.07, 6.45) is 1.21. The molecule has 0 bridgehead atoms. The van der Waals surface area contributed by atoms with Gasteiger partial charge in [0.25, 0.3) is 0 Å². The molecule has 0 aliphatic rings. The van der Waals surface area contributed by atoms with E-state index >= 15 is 0 Å². The maximum Gasteiger partial charge on any atom is 0.207 e. The minimum atomic E-state index is -0.289. The molecule has 0 spiro atoms. The molecule has 52 valence electrons. The molecular formula is C6H11NO2. The van der Waals surface area contributed by atoms with Gasteiger partial charge in [0.05, 0.1) is 6.04 Å². The molecule has 0 unspecified atom stereocenters. The summed E-state index contributed by atoms with van der Waals surface area (Å²) in [5, 5.41) is 2.40. The molecule has 0 rings (SSSR count). The molecule has 0 aliphatic heterocycles. The van der Waals surface area contributed by atoms with Crippen LogP contribution in [0.1, 0.15) is 20.3 Å². The molecule has 0 fully saturated rings. The zero-order valence-electron chi connectivity index (χ0n) is 5.68. The Morgan fingerprint density at radius 3 is 2.44 bits per heavy atom.